The summed E-state index contributed by atoms with van der Waals surface area (Å²) in [7, 11) is -3.34. The summed E-state index contributed by atoms with van der Waals surface area (Å²) in [6.07, 6.45) is 4.49. The van der Waals surface area contributed by atoms with Crippen LogP contribution in [0.15, 0.2) is 18.2 Å². The summed E-state index contributed by atoms with van der Waals surface area (Å²) in [5, 5.41) is 0.810. The van der Waals surface area contributed by atoms with Gasteiger partial charge in [-0.3, -0.25) is 0 Å². The number of rotatable bonds is 5. The number of nitrogens with one attached hydrogen (secondary N) is 1. The van der Waals surface area contributed by atoms with E-state index in [1.807, 2.05) is 0 Å². The summed E-state index contributed by atoms with van der Waals surface area (Å²) in [5.74, 6) is 0.374. The van der Waals surface area contributed by atoms with Gasteiger partial charge < -0.3 is 0 Å². The van der Waals surface area contributed by atoms with Crippen LogP contribution >= 0.6 is 23.2 Å². The van der Waals surface area contributed by atoms with Crippen molar-refractivity contribution >= 4 is 33.2 Å². The number of benzene rings is 1. The lowest BCUT2D eigenvalue weighted by Crippen LogP contribution is -2.33. The molecule has 0 heterocycles. The van der Waals surface area contributed by atoms with E-state index >= 15 is 0 Å². The standard InChI is InChI=1S/C16H23Cl2NO2S/c1-16(2)7-5-12(6-8-16)10-19-22(20,21)11-13-3-4-14(17)15(18)9-13/h3-4,9,12,19H,5-8,10-11H2,1-2H3. The highest BCUT2D eigenvalue weighted by atomic mass is 35.5. The van der Waals surface area contributed by atoms with Crippen molar-refractivity contribution in [2.75, 3.05) is 6.54 Å². The molecule has 1 aliphatic rings. The molecular formula is C16H23Cl2NO2S. The fourth-order valence-corrected chi connectivity index (χ4v) is 4.34. The van der Waals surface area contributed by atoms with Crippen molar-refractivity contribution in [1.82, 2.24) is 4.72 Å². The number of halogens is 2. The molecule has 0 saturated heterocycles. The van der Waals surface area contributed by atoms with Gasteiger partial charge in [0.15, 0.2) is 0 Å². The molecule has 6 heteroatoms. The minimum Gasteiger partial charge on any atom is -0.215 e. The smallest absolute Gasteiger partial charge is 0.215 e. The molecule has 1 aliphatic carbocycles. The fourth-order valence-electron chi connectivity index (χ4n) is 2.81. The van der Waals surface area contributed by atoms with E-state index in [0.29, 0.717) is 33.5 Å². The summed E-state index contributed by atoms with van der Waals surface area (Å²) in [6, 6.07) is 4.92. The Kier molecular flexibility index (Phi) is 5.81. The first-order valence-corrected chi connectivity index (χ1v) is 9.99. The van der Waals surface area contributed by atoms with E-state index in [1.165, 1.54) is 0 Å². The van der Waals surface area contributed by atoms with E-state index in [-0.39, 0.29) is 5.75 Å². The van der Waals surface area contributed by atoms with E-state index in [9.17, 15) is 8.42 Å². The second-order valence-electron chi connectivity index (χ2n) is 6.96. The third kappa shape index (κ3) is 5.41. The second-order valence-corrected chi connectivity index (χ2v) is 9.58. The molecule has 0 radical (unpaired) electrons. The van der Waals surface area contributed by atoms with Crippen molar-refractivity contribution < 1.29 is 8.42 Å². The van der Waals surface area contributed by atoms with Crippen LogP contribution in [0.2, 0.25) is 10.0 Å². The normalized spacial score (nSPS) is 19.3. The molecule has 1 fully saturated rings. The van der Waals surface area contributed by atoms with Gasteiger partial charge >= 0.3 is 0 Å². The molecule has 0 unspecified atom stereocenters. The largest absolute Gasteiger partial charge is 0.215 e. The van der Waals surface area contributed by atoms with Crippen molar-refractivity contribution in [3.63, 3.8) is 0 Å². The van der Waals surface area contributed by atoms with Crippen LogP contribution < -0.4 is 4.72 Å². The lowest BCUT2D eigenvalue weighted by atomic mass is 9.73. The van der Waals surface area contributed by atoms with E-state index in [0.717, 1.165) is 25.7 Å². The Balaban J connectivity index is 1.87. The highest BCUT2D eigenvalue weighted by Crippen LogP contribution is 2.37. The molecule has 0 atom stereocenters. The maximum absolute atomic E-state index is 12.2. The Labute approximate surface area is 143 Å². The van der Waals surface area contributed by atoms with E-state index in [4.69, 9.17) is 23.2 Å². The Morgan fingerprint density at radius 3 is 2.41 bits per heavy atom. The summed E-state index contributed by atoms with van der Waals surface area (Å²) in [5.41, 5.74) is 1.04. The molecule has 124 valence electrons. The zero-order chi connectivity index (χ0) is 16.4. The molecule has 0 spiro atoms. The van der Waals surface area contributed by atoms with Gasteiger partial charge in [-0.1, -0.05) is 43.1 Å². The number of sulfonamides is 1. The first kappa shape index (κ1) is 18.1. The Morgan fingerprint density at radius 2 is 1.82 bits per heavy atom. The third-order valence-electron chi connectivity index (χ3n) is 4.39. The van der Waals surface area contributed by atoms with Crippen LogP contribution in [0, 0.1) is 11.3 Å². The van der Waals surface area contributed by atoms with Crippen molar-refractivity contribution in [3.8, 4) is 0 Å². The lowest BCUT2D eigenvalue weighted by Gasteiger charge is -2.34. The van der Waals surface area contributed by atoms with Crippen molar-refractivity contribution in [2.45, 2.75) is 45.3 Å². The van der Waals surface area contributed by atoms with Gasteiger partial charge in [0.2, 0.25) is 10.0 Å². The van der Waals surface area contributed by atoms with Crippen LogP contribution in [0.3, 0.4) is 0 Å². The average Bonchev–Trinajstić information content (AvgIpc) is 2.41. The van der Waals surface area contributed by atoms with Gasteiger partial charge in [-0.25, -0.2) is 13.1 Å². The van der Waals surface area contributed by atoms with Crippen molar-refractivity contribution in [2.24, 2.45) is 11.3 Å². The molecular weight excluding hydrogens is 341 g/mol. The van der Waals surface area contributed by atoms with Gasteiger partial charge in [0.25, 0.3) is 0 Å². The molecule has 0 aromatic heterocycles. The molecule has 1 saturated carbocycles. The van der Waals surface area contributed by atoms with E-state index in [1.54, 1.807) is 18.2 Å². The van der Waals surface area contributed by atoms with Gasteiger partial charge in [0, 0.05) is 6.54 Å². The Hall–Kier alpha value is -0.290. The SMILES string of the molecule is CC1(C)CCC(CNS(=O)(=O)Cc2ccc(Cl)c(Cl)c2)CC1. The highest BCUT2D eigenvalue weighted by Gasteiger charge is 2.27. The predicted molar refractivity (Wildman–Crippen MR) is 92.8 cm³/mol. The van der Waals surface area contributed by atoms with Crippen molar-refractivity contribution in [3.05, 3.63) is 33.8 Å². The van der Waals surface area contributed by atoms with Gasteiger partial charge in [-0.2, -0.15) is 0 Å². The zero-order valence-corrected chi connectivity index (χ0v) is 15.4. The van der Waals surface area contributed by atoms with Crippen LogP contribution in [0.25, 0.3) is 0 Å². The molecule has 0 amide bonds. The molecule has 1 aromatic carbocycles. The topological polar surface area (TPSA) is 46.2 Å². The molecule has 0 aliphatic heterocycles. The van der Waals surface area contributed by atoms with Gasteiger partial charge in [0.05, 0.1) is 15.8 Å². The van der Waals surface area contributed by atoms with Crippen LogP contribution in [0.5, 0.6) is 0 Å². The monoisotopic (exact) mass is 363 g/mol. The summed E-state index contributed by atoms with van der Waals surface area (Å²) in [4.78, 5) is 0. The maximum atomic E-state index is 12.2. The summed E-state index contributed by atoms with van der Waals surface area (Å²) in [6.45, 7) is 5.08. The molecule has 1 N–H and O–H groups in total. The van der Waals surface area contributed by atoms with Crippen LogP contribution in [-0.2, 0) is 15.8 Å². The van der Waals surface area contributed by atoms with Gasteiger partial charge in [-0.15, -0.1) is 0 Å². The zero-order valence-electron chi connectivity index (χ0n) is 13.0. The predicted octanol–water partition coefficient (Wildman–Crippen LogP) is 4.63. The highest BCUT2D eigenvalue weighted by molar-refractivity contribution is 7.88. The lowest BCUT2D eigenvalue weighted by molar-refractivity contribution is 0.193. The number of hydrogen-bond acceptors (Lipinski definition) is 2. The van der Waals surface area contributed by atoms with Crippen LogP contribution in [-0.4, -0.2) is 15.0 Å². The fraction of sp³-hybridized carbons (Fsp3) is 0.625. The summed E-state index contributed by atoms with van der Waals surface area (Å²) >= 11 is 11.8. The maximum Gasteiger partial charge on any atom is 0.215 e. The second kappa shape index (κ2) is 7.08. The first-order valence-electron chi connectivity index (χ1n) is 7.58. The number of hydrogen-bond donors (Lipinski definition) is 1. The Morgan fingerprint density at radius 1 is 1.18 bits per heavy atom. The quantitative estimate of drug-likeness (QED) is 0.828. The Bertz CT molecular complexity index is 619. The van der Waals surface area contributed by atoms with E-state index < -0.39 is 10.0 Å². The van der Waals surface area contributed by atoms with Gasteiger partial charge in [-0.05, 0) is 54.7 Å². The molecule has 1 aromatic rings. The molecule has 22 heavy (non-hydrogen) atoms. The van der Waals surface area contributed by atoms with Crippen molar-refractivity contribution in [1.29, 1.82) is 0 Å². The van der Waals surface area contributed by atoms with E-state index in [2.05, 4.69) is 18.6 Å². The minimum absolute atomic E-state index is 0.0674. The molecule has 2 rings (SSSR count). The van der Waals surface area contributed by atoms with Crippen LogP contribution in [0.1, 0.15) is 45.1 Å². The minimum atomic E-state index is -3.34. The van der Waals surface area contributed by atoms with Gasteiger partial charge in [0.1, 0.15) is 0 Å². The average molecular weight is 364 g/mol. The summed E-state index contributed by atoms with van der Waals surface area (Å²) < 4.78 is 27.1. The molecule has 0 bridgehead atoms. The third-order valence-corrected chi connectivity index (χ3v) is 6.45. The molecule has 3 nitrogen and oxygen atoms in total. The first-order chi connectivity index (χ1) is 10.2. The van der Waals surface area contributed by atoms with Crippen LogP contribution in [0.4, 0.5) is 0 Å².